The third-order valence-corrected chi connectivity index (χ3v) is 5.71. The van der Waals surface area contributed by atoms with Crippen molar-refractivity contribution in [1.82, 2.24) is 14.9 Å². The summed E-state index contributed by atoms with van der Waals surface area (Å²) in [6.07, 6.45) is -0.0536. The summed E-state index contributed by atoms with van der Waals surface area (Å²) in [7, 11) is 0. The summed E-state index contributed by atoms with van der Waals surface area (Å²) in [5, 5.41) is 21.9. The van der Waals surface area contributed by atoms with Crippen molar-refractivity contribution in [1.29, 1.82) is 0 Å². The molecule has 0 aliphatic carbocycles. The predicted molar refractivity (Wildman–Crippen MR) is 129 cm³/mol. The van der Waals surface area contributed by atoms with E-state index in [1.165, 1.54) is 12.1 Å². The smallest absolute Gasteiger partial charge is 0.329 e. The molecule has 0 bridgehead atoms. The number of rotatable bonds is 8. The van der Waals surface area contributed by atoms with Gasteiger partial charge in [-0.3, -0.25) is 9.59 Å². The Kier molecular flexibility index (Phi) is 6.77. The van der Waals surface area contributed by atoms with E-state index >= 15 is 0 Å². The van der Waals surface area contributed by atoms with E-state index in [-0.39, 0.29) is 24.0 Å². The van der Waals surface area contributed by atoms with Crippen LogP contribution in [0.5, 0.6) is 5.75 Å². The van der Waals surface area contributed by atoms with Gasteiger partial charge in [-0.15, -0.1) is 0 Å². The molecule has 35 heavy (non-hydrogen) atoms. The third kappa shape index (κ3) is 5.30. The lowest BCUT2D eigenvalue weighted by atomic mass is 10.0. The molecule has 178 valence electrons. The van der Waals surface area contributed by atoms with Crippen molar-refractivity contribution in [3.63, 3.8) is 0 Å². The maximum absolute atomic E-state index is 13.4. The van der Waals surface area contributed by atoms with Gasteiger partial charge in [-0.25, -0.2) is 14.2 Å². The minimum absolute atomic E-state index is 0.000448. The quantitative estimate of drug-likeness (QED) is 0.308. The Morgan fingerprint density at radius 2 is 1.49 bits per heavy atom. The van der Waals surface area contributed by atoms with Gasteiger partial charge >= 0.3 is 11.7 Å². The van der Waals surface area contributed by atoms with Crippen LogP contribution < -0.4 is 16.6 Å². The van der Waals surface area contributed by atoms with Crippen LogP contribution in [0.15, 0.2) is 88.5 Å². The molecular formula is C26H23N3O6. The van der Waals surface area contributed by atoms with E-state index in [2.05, 4.69) is 10.3 Å². The third-order valence-electron chi connectivity index (χ3n) is 5.71. The number of amides is 1. The highest BCUT2D eigenvalue weighted by Crippen LogP contribution is 2.16. The van der Waals surface area contributed by atoms with Gasteiger partial charge in [0.25, 0.3) is 5.56 Å². The molecule has 1 aromatic heterocycles. The number of aromatic nitrogens is 2. The molecule has 0 radical (unpaired) electrons. The summed E-state index contributed by atoms with van der Waals surface area (Å²) in [4.78, 5) is 54.2. The Labute approximate surface area is 199 Å². The van der Waals surface area contributed by atoms with Crippen LogP contribution in [0.3, 0.4) is 0 Å². The second kappa shape index (κ2) is 10.1. The van der Waals surface area contributed by atoms with Gasteiger partial charge < -0.3 is 20.5 Å². The highest BCUT2D eigenvalue weighted by molar-refractivity contribution is 5.87. The Bertz CT molecular complexity index is 1480. The average Bonchev–Trinajstić information content (AvgIpc) is 2.85. The number of carbonyl (C=O) groups excluding carboxylic acids is 1. The first-order valence-electron chi connectivity index (χ1n) is 10.9. The van der Waals surface area contributed by atoms with Crippen molar-refractivity contribution in [2.75, 3.05) is 0 Å². The van der Waals surface area contributed by atoms with Gasteiger partial charge in [0.15, 0.2) is 0 Å². The number of aromatic hydroxyl groups is 1. The number of phenolic OH excluding ortho intramolecular Hbond substituents is 1. The lowest BCUT2D eigenvalue weighted by molar-refractivity contribution is -0.142. The second-order valence-corrected chi connectivity index (χ2v) is 8.13. The van der Waals surface area contributed by atoms with E-state index in [1.54, 1.807) is 66.7 Å². The highest BCUT2D eigenvalue weighted by Gasteiger charge is 2.29. The molecule has 0 unspecified atom stereocenters. The van der Waals surface area contributed by atoms with Crippen molar-refractivity contribution in [3.05, 3.63) is 111 Å². The van der Waals surface area contributed by atoms with Gasteiger partial charge in [-0.2, -0.15) is 0 Å². The minimum atomic E-state index is -1.32. The molecule has 4 rings (SSSR count). The Morgan fingerprint density at radius 1 is 0.857 bits per heavy atom. The molecule has 4 N–H and O–H groups in total. The summed E-state index contributed by atoms with van der Waals surface area (Å²) in [5.41, 5.74) is 0.197. The van der Waals surface area contributed by atoms with Gasteiger partial charge in [-0.05, 0) is 35.4 Å². The molecule has 0 aliphatic heterocycles. The van der Waals surface area contributed by atoms with Gasteiger partial charge in [0, 0.05) is 12.8 Å². The number of hydrogen-bond donors (Lipinski definition) is 4. The fraction of sp³-hybridized carbons (Fsp3) is 0.154. The Morgan fingerprint density at radius 3 is 2.17 bits per heavy atom. The number of carbonyl (C=O) groups is 2. The van der Waals surface area contributed by atoms with Crippen LogP contribution in [-0.2, 0) is 22.4 Å². The van der Waals surface area contributed by atoms with Gasteiger partial charge in [0.05, 0.1) is 10.9 Å². The predicted octanol–water partition coefficient (Wildman–Crippen LogP) is 1.99. The van der Waals surface area contributed by atoms with Crippen LogP contribution >= 0.6 is 0 Å². The zero-order chi connectivity index (χ0) is 24.9. The molecule has 1 heterocycles. The van der Waals surface area contributed by atoms with Crippen LogP contribution in [0, 0.1) is 0 Å². The number of nitrogens with zero attached hydrogens (tertiary/aromatic N) is 1. The van der Waals surface area contributed by atoms with Crippen molar-refractivity contribution in [2.24, 2.45) is 0 Å². The number of carboxylic acids is 1. The van der Waals surface area contributed by atoms with Crippen molar-refractivity contribution < 1.29 is 19.8 Å². The zero-order valence-electron chi connectivity index (χ0n) is 18.5. The maximum atomic E-state index is 13.4. The lowest BCUT2D eigenvalue weighted by Gasteiger charge is -2.22. The number of aliphatic carboxylic acids is 1. The Balaban J connectivity index is 1.72. The summed E-state index contributed by atoms with van der Waals surface area (Å²) < 4.78 is 0.837. The van der Waals surface area contributed by atoms with E-state index in [0.717, 1.165) is 4.57 Å². The van der Waals surface area contributed by atoms with Crippen LogP contribution in [0.25, 0.3) is 10.9 Å². The van der Waals surface area contributed by atoms with Crippen LogP contribution in [0.2, 0.25) is 0 Å². The van der Waals surface area contributed by atoms with Crippen molar-refractivity contribution in [2.45, 2.75) is 24.9 Å². The average molecular weight is 473 g/mol. The maximum Gasteiger partial charge on any atom is 0.329 e. The molecular weight excluding hydrogens is 450 g/mol. The number of phenols is 1. The van der Waals surface area contributed by atoms with E-state index < -0.39 is 35.2 Å². The molecule has 9 heteroatoms. The van der Waals surface area contributed by atoms with E-state index in [4.69, 9.17) is 0 Å². The van der Waals surface area contributed by atoms with Crippen LogP contribution in [0.4, 0.5) is 0 Å². The Hall–Kier alpha value is -4.66. The number of H-pyrrole nitrogens is 1. The molecule has 0 aliphatic rings. The summed E-state index contributed by atoms with van der Waals surface area (Å²) in [6, 6.07) is 18.6. The number of para-hydroxylation sites is 1. The zero-order valence-corrected chi connectivity index (χ0v) is 18.5. The normalized spacial score (nSPS) is 12.7. The minimum Gasteiger partial charge on any atom is -0.508 e. The first-order chi connectivity index (χ1) is 16.8. The second-order valence-electron chi connectivity index (χ2n) is 8.13. The molecule has 0 saturated heterocycles. The molecule has 2 atom stereocenters. The van der Waals surface area contributed by atoms with E-state index in [0.29, 0.717) is 16.6 Å². The van der Waals surface area contributed by atoms with Crippen molar-refractivity contribution in [3.8, 4) is 5.75 Å². The summed E-state index contributed by atoms with van der Waals surface area (Å²) in [5.74, 6) is -2.02. The number of benzene rings is 3. The highest BCUT2D eigenvalue weighted by atomic mass is 16.4. The van der Waals surface area contributed by atoms with Gasteiger partial charge in [0.1, 0.15) is 17.8 Å². The van der Waals surface area contributed by atoms with Crippen molar-refractivity contribution >= 4 is 22.8 Å². The number of aromatic amines is 1. The fourth-order valence-electron chi connectivity index (χ4n) is 3.93. The molecule has 4 aromatic rings. The molecule has 9 nitrogen and oxygen atoms in total. The molecule has 0 fully saturated rings. The summed E-state index contributed by atoms with van der Waals surface area (Å²) >= 11 is 0. The molecule has 3 aromatic carbocycles. The summed E-state index contributed by atoms with van der Waals surface area (Å²) in [6.45, 7) is 0. The molecule has 0 saturated carbocycles. The molecule has 0 spiro atoms. The van der Waals surface area contributed by atoms with Gasteiger partial charge in [-0.1, -0.05) is 54.6 Å². The largest absolute Gasteiger partial charge is 0.508 e. The first-order valence-corrected chi connectivity index (χ1v) is 10.9. The fourth-order valence-corrected chi connectivity index (χ4v) is 3.93. The number of fused-ring (bicyclic) bond motifs is 1. The monoisotopic (exact) mass is 473 g/mol. The van der Waals surface area contributed by atoms with Gasteiger partial charge in [0.2, 0.25) is 5.91 Å². The lowest BCUT2D eigenvalue weighted by Crippen LogP contribution is -2.50. The number of nitrogens with one attached hydrogen (secondary N) is 2. The van der Waals surface area contributed by atoms with E-state index in [9.17, 15) is 29.4 Å². The van der Waals surface area contributed by atoms with Crippen LogP contribution in [-0.4, -0.2) is 37.7 Å². The number of hydrogen-bond acceptors (Lipinski definition) is 5. The number of carboxylic acid groups (broad SMARTS) is 1. The SMILES string of the molecule is O=C(O)[C@H](Cc1ccc(O)cc1)NC(=O)[C@H](Cc1ccccc1)n1c(=O)[nH]c2ccccc2c1=O. The first kappa shape index (κ1) is 23.5. The topological polar surface area (TPSA) is 141 Å². The standard InChI is InChI=1S/C26H23N3O6/c30-18-12-10-17(11-13-18)14-21(25(33)34)27-23(31)22(15-16-6-2-1-3-7-16)29-24(32)19-8-4-5-9-20(19)28-26(29)35/h1-13,21-22,30H,14-15H2,(H,27,31)(H,28,35)(H,33,34)/t21-,22-/m0/s1. The van der Waals surface area contributed by atoms with E-state index in [1.807, 2.05) is 0 Å². The van der Waals surface area contributed by atoms with Crippen LogP contribution in [0.1, 0.15) is 17.2 Å². The molecule has 1 amide bonds.